The third-order valence-corrected chi connectivity index (χ3v) is 4.19. The largest absolute Gasteiger partial charge is 0.494 e. The van der Waals surface area contributed by atoms with Gasteiger partial charge in [-0.05, 0) is 6.07 Å². The molecule has 7 nitrogen and oxygen atoms in total. The lowest BCUT2D eigenvalue weighted by molar-refractivity contribution is 0.359. The van der Waals surface area contributed by atoms with Gasteiger partial charge in [0.25, 0.3) is 0 Å². The van der Waals surface area contributed by atoms with Gasteiger partial charge in [0, 0.05) is 45.8 Å². The minimum atomic E-state index is -0.858. The van der Waals surface area contributed by atoms with E-state index in [1.165, 1.54) is 14.2 Å². The zero-order chi connectivity index (χ0) is 20.6. The van der Waals surface area contributed by atoms with Crippen LogP contribution >= 0.6 is 0 Å². The molecule has 2 heterocycles. The first-order valence-corrected chi connectivity index (χ1v) is 8.41. The Kier molecular flexibility index (Phi) is 5.17. The first-order valence-electron chi connectivity index (χ1n) is 8.41. The summed E-state index contributed by atoms with van der Waals surface area (Å²) in [6.45, 7) is 0. The average Bonchev–Trinajstić information content (AvgIpc) is 2.67. The van der Waals surface area contributed by atoms with Crippen molar-refractivity contribution in [2.24, 2.45) is 0 Å². The van der Waals surface area contributed by atoms with Crippen molar-refractivity contribution < 1.29 is 18.3 Å². The molecule has 1 aromatic carbocycles. The molecule has 0 spiro atoms. The first-order chi connectivity index (χ1) is 13.3. The fourth-order valence-electron chi connectivity index (χ4n) is 2.78. The van der Waals surface area contributed by atoms with Crippen molar-refractivity contribution in [3.63, 3.8) is 0 Å². The molecule has 2 aromatic heterocycles. The number of rotatable bonds is 5. The van der Waals surface area contributed by atoms with Crippen molar-refractivity contribution in [3.8, 4) is 22.8 Å². The highest BCUT2D eigenvalue weighted by molar-refractivity contribution is 5.92. The van der Waals surface area contributed by atoms with Crippen molar-refractivity contribution in [3.05, 3.63) is 30.0 Å². The van der Waals surface area contributed by atoms with Gasteiger partial charge in [0.1, 0.15) is 5.52 Å². The number of benzene rings is 1. The Balaban J connectivity index is 2.35. The molecule has 0 atom stereocenters. The average molecular weight is 389 g/mol. The summed E-state index contributed by atoms with van der Waals surface area (Å²) in [7, 11) is 9.81. The van der Waals surface area contributed by atoms with E-state index in [0.29, 0.717) is 22.7 Å². The fraction of sp³-hybridized carbons (Fsp3) is 0.316. The zero-order valence-corrected chi connectivity index (χ0v) is 16.5. The molecular formula is C19H21F2N5O2. The summed E-state index contributed by atoms with van der Waals surface area (Å²) < 4.78 is 39.9. The molecule has 0 bridgehead atoms. The van der Waals surface area contributed by atoms with Crippen LogP contribution in [0.3, 0.4) is 0 Å². The molecule has 0 unspecified atom stereocenters. The van der Waals surface area contributed by atoms with E-state index in [-0.39, 0.29) is 22.8 Å². The summed E-state index contributed by atoms with van der Waals surface area (Å²) in [6, 6.07) is 2.71. The molecule has 0 N–H and O–H groups in total. The van der Waals surface area contributed by atoms with Crippen molar-refractivity contribution in [1.29, 1.82) is 0 Å². The summed E-state index contributed by atoms with van der Waals surface area (Å²) in [4.78, 5) is 16.8. The van der Waals surface area contributed by atoms with Gasteiger partial charge in [-0.3, -0.25) is 0 Å². The van der Waals surface area contributed by atoms with E-state index >= 15 is 0 Å². The lowest BCUT2D eigenvalue weighted by Gasteiger charge is -2.18. The molecule has 0 saturated heterocycles. The van der Waals surface area contributed by atoms with Crippen molar-refractivity contribution in [1.82, 2.24) is 15.0 Å². The van der Waals surface area contributed by atoms with Crippen molar-refractivity contribution in [2.75, 3.05) is 52.2 Å². The summed E-state index contributed by atoms with van der Waals surface area (Å²) in [5.74, 6) is -1.03. The quantitative estimate of drug-likeness (QED) is 0.664. The number of ether oxygens (including phenoxy) is 2. The molecule has 0 aliphatic carbocycles. The summed E-state index contributed by atoms with van der Waals surface area (Å²) in [5, 5.41) is 0.597. The van der Waals surface area contributed by atoms with Gasteiger partial charge in [-0.1, -0.05) is 0 Å². The van der Waals surface area contributed by atoms with Gasteiger partial charge in [-0.25, -0.2) is 23.7 Å². The molecule has 148 valence electrons. The fourth-order valence-corrected chi connectivity index (χ4v) is 2.78. The Labute approximate surface area is 161 Å². The lowest BCUT2D eigenvalue weighted by atomic mass is 10.1. The SMILES string of the molecule is COc1cc(OC)c(F)c(-c2cc3cnc(N(C)C)nc3c(N(C)C)n2)c1F. The van der Waals surface area contributed by atoms with Crippen molar-refractivity contribution in [2.45, 2.75) is 0 Å². The van der Waals surface area contributed by atoms with Gasteiger partial charge in [0.15, 0.2) is 29.0 Å². The van der Waals surface area contributed by atoms with E-state index in [0.717, 1.165) is 6.07 Å². The van der Waals surface area contributed by atoms with Crippen LogP contribution in [0.25, 0.3) is 22.2 Å². The van der Waals surface area contributed by atoms with Crippen LogP contribution < -0.4 is 19.3 Å². The number of pyridine rings is 1. The number of anilines is 2. The molecule has 0 amide bonds. The molecule has 0 saturated carbocycles. The van der Waals surface area contributed by atoms with E-state index in [1.54, 1.807) is 36.2 Å². The van der Waals surface area contributed by atoms with E-state index in [4.69, 9.17) is 9.47 Å². The van der Waals surface area contributed by atoms with Crippen molar-refractivity contribution >= 4 is 22.7 Å². The van der Waals surface area contributed by atoms with Gasteiger partial charge in [-0.15, -0.1) is 0 Å². The predicted octanol–water partition coefficient (Wildman–Crippen LogP) is 3.12. The van der Waals surface area contributed by atoms with E-state index in [9.17, 15) is 8.78 Å². The molecule has 3 rings (SSSR count). The molecular weight excluding hydrogens is 368 g/mol. The van der Waals surface area contributed by atoms with Gasteiger partial charge in [0.05, 0.1) is 25.5 Å². The number of halogens is 2. The lowest BCUT2D eigenvalue weighted by Crippen LogP contribution is -2.15. The molecule has 0 fully saturated rings. The first kappa shape index (κ1) is 19.5. The Bertz CT molecular complexity index is 1010. The number of hydrogen-bond donors (Lipinski definition) is 0. The summed E-state index contributed by atoms with van der Waals surface area (Å²) >= 11 is 0. The highest BCUT2D eigenvalue weighted by Gasteiger charge is 2.24. The number of hydrogen-bond acceptors (Lipinski definition) is 7. The van der Waals surface area contributed by atoms with Crippen LogP contribution in [0.15, 0.2) is 18.3 Å². The maximum absolute atomic E-state index is 14.9. The highest BCUT2D eigenvalue weighted by atomic mass is 19.1. The van der Waals surface area contributed by atoms with Gasteiger partial charge >= 0.3 is 0 Å². The van der Waals surface area contributed by atoms with Crippen LogP contribution in [0.2, 0.25) is 0 Å². The Hall–Kier alpha value is -3.23. The molecule has 3 aromatic rings. The van der Waals surface area contributed by atoms with E-state index in [2.05, 4.69) is 15.0 Å². The monoisotopic (exact) mass is 389 g/mol. The maximum Gasteiger partial charge on any atom is 0.225 e. The minimum Gasteiger partial charge on any atom is -0.494 e. The topological polar surface area (TPSA) is 63.6 Å². The van der Waals surface area contributed by atoms with Gasteiger partial charge < -0.3 is 19.3 Å². The normalized spacial score (nSPS) is 10.9. The maximum atomic E-state index is 14.9. The van der Waals surface area contributed by atoms with Crippen LogP contribution in [0.4, 0.5) is 20.5 Å². The van der Waals surface area contributed by atoms with Gasteiger partial charge in [0.2, 0.25) is 5.95 Å². The molecule has 28 heavy (non-hydrogen) atoms. The highest BCUT2D eigenvalue weighted by Crippen LogP contribution is 2.38. The van der Waals surface area contributed by atoms with Crippen LogP contribution in [-0.4, -0.2) is 57.4 Å². The molecule has 9 heteroatoms. The Morgan fingerprint density at radius 1 is 0.857 bits per heavy atom. The third kappa shape index (κ3) is 3.23. The van der Waals surface area contributed by atoms with E-state index in [1.807, 2.05) is 14.1 Å². The second-order valence-electron chi connectivity index (χ2n) is 6.51. The molecule has 0 aliphatic heterocycles. The Morgan fingerprint density at radius 2 is 1.46 bits per heavy atom. The molecule has 0 aliphatic rings. The molecule has 0 radical (unpaired) electrons. The summed E-state index contributed by atoms with van der Waals surface area (Å²) in [5.41, 5.74) is 0.325. The number of nitrogens with zero attached hydrogens (tertiary/aromatic N) is 5. The Morgan fingerprint density at radius 3 is 1.96 bits per heavy atom. The van der Waals surface area contributed by atoms with Crippen LogP contribution in [-0.2, 0) is 0 Å². The van der Waals surface area contributed by atoms with E-state index < -0.39 is 11.6 Å². The van der Waals surface area contributed by atoms with Crippen LogP contribution in [0.5, 0.6) is 11.5 Å². The summed E-state index contributed by atoms with van der Waals surface area (Å²) in [6.07, 6.45) is 1.60. The number of aromatic nitrogens is 3. The second-order valence-corrected chi connectivity index (χ2v) is 6.51. The number of methoxy groups -OCH3 is 2. The van der Waals surface area contributed by atoms with Crippen LogP contribution in [0, 0.1) is 11.6 Å². The zero-order valence-electron chi connectivity index (χ0n) is 16.5. The smallest absolute Gasteiger partial charge is 0.225 e. The minimum absolute atomic E-state index is 0.0876. The van der Waals surface area contributed by atoms with Gasteiger partial charge in [-0.2, -0.15) is 0 Å². The number of fused-ring (bicyclic) bond motifs is 1. The predicted molar refractivity (Wildman–Crippen MR) is 104 cm³/mol. The van der Waals surface area contributed by atoms with Crippen LogP contribution in [0.1, 0.15) is 0 Å². The standard InChI is InChI=1S/C19H21F2N5O2/c1-25(2)18-17-10(9-22-19(24-17)26(3)4)7-11(23-18)14-15(20)12(27-5)8-13(28-6)16(14)21/h7-9H,1-6H3. The second kappa shape index (κ2) is 7.41. The third-order valence-electron chi connectivity index (χ3n) is 4.19.